The zero-order valence-corrected chi connectivity index (χ0v) is 22.6. The van der Waals surface area contributed by atoms with Crippen molar-refractivity contribution in [2.24, 2.45) is 0 Å². The third-order valence-corrected chi connectivity index (χ3v) is 6.71. The summed E-state index contributed by atoms with van der Waals surface area (Å²) in [5.41, 5.74) is 5.34. The monoisotopic (exact) mass is 529 g/mol. The van der Waals surface area contributed by atoms with Crippen molar-refractivity contribution >= 4 is 0 Å². The van der Waals surface area contributed by atoms with Crippen LogP contribution in [-0.2, 0) is 26.3 Å². The largest absolute Gasteiger partial charge is 0.489 e. The SMILES string of the molecule is OC(CN(Cc1ccccc1)Cc1ccccc1)c1cc(OCc2ccccc2)cc(OCc2ccccc2)c1. The molecule has 0 saturated heterocycles. The first-order chi connectivity index (χ1) is 19.7. The molecule has 5 rings (SSSR count). The highest BCUT2D eigenvalue weighted by Crippen LogP contribution is 2.29. The summed E-state index contributed by atoms with van der Waals surface area (Å²) in [5, 5.41) is 11.5. The lowest BCUT2D eigenvalue weighted by Gasteiger charge is -2.26. The van der Waals surface area contributed by atoms with Gasteiger partial charge in [0.15, 0.2) is 0 Å². The van der Waals surface area contributed by atoms with Crippen molar-refractivity contribution in [3.8, 4) is 11.5 Å². The van der Waals surface area contributed by atoms with E-state index in [2.05, 4.69) is 53.4 Å². The highest BCUT2D eigenvalue weighted by molar-refractivity contribution is 5.40. The molecule has 5 aromatic rings. The third-order valence-electron chi connectivity index (χ3n) is 6.71. The van der Waals surface area contributed by atoms with E-state index in [1.165, 1.54) is 11.1 Å². The Morgan fingerprint density at radius 1 is 0.500 bits per heavy atom. The lowest BCUT2D eigenvalue weighted by Crippen LogP contribution is -2.28. The Morgan fingerprint density at radius 3 is 1.27 bits per heavy atom. The number of benzene rings is 5. The zero-order valence-electron chi connectivity index (χ0n) is 22.6. The number of hydrogen-bond acceptors (Lipinski definition) is 4. The molecule has 40 heavy (non-hydrogen) atoms. The lowest BCUT2D eigenvalue weighted by atomic mass is 10.1. The number of rotatable bonds is 13. The third kappa shape index (κ3) is 8.31. The molecule has 0 aromatic heterocycles. The second-order valence-corrected chi connectivity index (χ2v) is 9.94. The molecule has 0 aliphatic rings. The molecular formula is C36H35NO3. The normalized spacial score (nSPS) is 11.8. The van der Waals surface area contributed by atoms with Gasteiger partial charge in [0, 0.05) is 25.7 Å². The summed E-state index contributed by atoms with van der Waals surface area (Å²) in [5.74, 6) is 1.34. The van der Waals surface area contributed by atoms with Crippen LogP contribution in [0.5, 0.6) is 11.5 Å². The molecule has 4 nitrogen and oxygen atoms in total. The maximum Gasteiger partial charge on any atom is 0.123 e. The lowest BCUT2D eigenvalue weighted by molar-refractivity contribution is 0.104. The molecule has 5 aromatic carbocycles. The Bertz CT molecular complexity index is 1320. The van der Waals surface area contributed by atoms with E-state index in [9.17, 15) is 5.11 Å². The molecule has 0 fully saturated rings. The van der Waals surface area contributed by atoms with Crippen LogP contribution in [0.1, 0.15) is 33.9 Å². The maximum absolute atomic E-state index is 11.5. The molecule has 0 bridgehead atoms. The smallest absolute Gasteiger partial charge is 0.123 e. The Balaban J connectivity index is 1.36. The van der Waals surface area contributed by atoms with E-state index in [4.69, 9.17) is 9.47 Å². The van der Waals surface area contributed by atoms with E-state index >= 15 is 0 Å². The van der Waals surface area contributed by atoms with Gasteiger partial charge in [0.05, 0.1) is 6.10 Å². The van der Waals surface area contributed by atoms with Gasteiger partial charge in [-0.2, -0.15) is 0 Å². The molecule has 202 valence electrons. The Labute approximate surface area is 237 Å². The molecule has 0 amide bonds. The van der Waals surface area contributed by atoms with Crippen LogP contribution < -0.4 is 9.47 Å². The standard InChI is InChI=1S/C36H35NO3/c38-36(26-37(24-29-13-5-1-6-14-29)25-30-15-7-2-8-16-30)33-21-34(39-27-31-17-9-3-10-18-31)23-35(22-33)40-28-32-19-11-4-12-20-32/h1-23,36,38H,24-28H2. The van der Waals surface area contributed by atoms with Crippen LogP contribution >= 0.6 is 0 Å². The van der Waals surface area contributed by atoms with Gasteiger partial charge in [-0.25, -0.2) is 0 Å². The van der Waals surface area contributed by atoms with E-state index in [-0.39, 0.29) is 0 Å². The quantitative estimate of drug-likeness (QED) is 0.171. The molecule has 0 saturated carbocycles. The molecule has 0 aliphatic carbocycles. The molecular weight excluding hydrogens is 494 g/mol. The number of hydrogen-bond donors (Lipinski definition) is 1. The van der Waals surface area contributed by atoms with Crippen LogP contribution in [0.3, 0.4) is 0 Å². The Hall–Kier alpha value is -4.38. The second-order valence-electron chi connectivity index (χ2n) is 9.94. The molecule has 0 heterocycles. The number of aliphatic hydroxyl groups excluding tert-OH is 1. The fourth-order valence-corrected chi connectivity index (χ4v) is 4.65. The van der Waals surface area contributed by atoms with Crippen LogP contribution in [0, 0.1) is 0 Å². The van der Waals surface area contributed by atoms with Gasteiger partial charge in [-0.15, -0.1) is 0 Å². The predicted molar refractivity (Wildman–Crippen MR) is 160 cm³/mol. The molecule has 1 N–H and O–H groups in total. The second kappa shape index (κ2) is 14.1. The Morgan fingerprint density at radius 2 is 0.875 bits per heavy atom. The van der Waals surface area contributed by atoms with E-state index < -0.39 is 6.10 Å². The van der Waals surface area contributed by atoms with Crippen LogP contribution in [0.2, 0.25) is 0 Å². The van der Waals surface area contributed by atoms with Crippen molar-refractivity contribution in [2.45, 2.75) is 32.4 Å². The van der Waals surface area contributed by atoms with Gasteiger partial charge in [-0.05, 0) is 39.9 Å². The molecule has 0 aliphatic heterocycles. The summed E-state index contributed by atoms with van der Waals surface area (Å²) < 4.78 is 12.3. The fraction of sp³-hybridized carbons (Fsp3) is 0.167. The molecule has 0 radical (unpaired) electrons. The van der Waals surface area contributed by atoms with Gasteiger partial charge in [0.2, 0.25) is 0 Å². The minimum Gasteiger partial charge on any atom is -0.489 e. The minimum absolute atomic E-state index is 0.437. The summed E-state index contributed by atoms with van der Waals surface area (Å²) in [7, 11) is 0. The average molecular weight is 530 g/mol. The minimum atomic E-state index is -0.730. The van der Waals surface area contributed by atoms with Crippen LogP contribution in [0.15, 0.2) is 140 Å². The maximum atomic E-state index is 11.5. The Kier molecular flexibility index (Phi) is 9.61. The summed E-state index contributed by atoms with van der Waals surface area (Å²) in [4.78, 5) is 2.28. The first-order valence-electron chi connectivity index (χ1n) is 13.7. The van der Waals surface area contributed by atoms with E-state index in [0.717, 1.165) is 29.8 Å². The van der Waals surface area contributed by atoms with Gasteiger partial charge in [-0.3, -0.25) is 4.90 Å². The number of ether oxygens (including phenoxy) is 2. The van der Waals surface area contributed by atoms with Crippen molar-refractivity contribution in [3.63, 3.8) is 0 Å². The van der Waals surface area contributed by atoms with Crippen molar-refractivity contribution < 1.29 is 14.6 Å². The predicted octanol–water partition coefficient (Wildman–Crippen LogP) is 7.58. The van der Waals surface area contributed by atoms with Crippen molar-refractivity contribution in [1.29, 1.82) is 0 Å². The number of aliphatic hydroxyl groups is 1. The van der Waals surface area contributed by atoms with Gasteiger partial charge in [0.25, 0.3) is 0 Å². The van der Waals surface area contributed by atoms with E-state index in [0.29, 0.717) is 31.3 Å². The first-order valence-corrected chi connectivity index (χ1v) is 13.7. The van der Waals surface area contributed by atoms with Crippen molar-refractivity contribution in [3.05, 3.63) is 167 Å². The van der Waals surface area contributed by atoms with Crippen molar-refractivity contribution in [2.75, 3.05) is 6.54 Å². The van der Waals surface area contributed by atoms with E-state index in [1.807, 2.05) is 91.0 Å². The molecule has 1 atom stereocenters. The number of nitrogens with zero attached hydrogens (tertiary/aromatic N) is 1. The van der Waals surface area contributed by atoms with Gasteiger partial charge in [-0.1, -0.05) is 121 Å². The highest BCUT2D eigenvalue weighted by Gasteiger charge is 2.17. The van der Waals surface area contributed by atoms with Crippen molar-refractivity contribution in [1.82, 2.24) is 4.90 Å². The molecule has 1 unspecified atom stereocenters. The first kappa shape index (κ1) is 27.2. The van der Waals surface area contributed by atoms with Gasteiger partial charge >= 0.3 is 0 Å². The summed E-state index contributed by atoms with van der Waals surface area (Å²) in [6, 6.07) is 46.6. The summed E-state index contributed by atoms with van der Waals surface area (Å²) in [6.45, 7) is 2.80. The van der Waals surface area contributed by atoms with Crippen LogP contribution in [0.25, 0.3) is 0 Å². The summed E-state index contributed by atoms with van der Waals surface area (Å²) in [6.07, 6.45) is -0.730. The van der Waals surface area contributed by atoms with Crippen LogP contribution in [0.4, 0.5) is 0 Å². The zero-order chi connectivity index (χ0) is 27.4. The van der Waals surface area contributed by atoms with Gasteiger partial charge in [0.1, 0.15) is 24.7 Å². The summed E-state index contributed by atoms with van der Waals surface area (Å²) >= 11 is 0. The molecule has 0 spiro atoms. The van der Waals surface area contributed by atoms with Crippen LogP contribution in [-0.4, -0.2) is 16.6 Å². The topological polar surface area (TPSA) is 41.9 Å². The molecule has 4 heteroatoms. The average Bonchev–Trinajstić information content (AvgIpc) is 3.01. The van der Waals surface area contributed by atoms with E-state index in [1.54, 1.807) is 0 Å². The fourth-order valence-electron chi connectivity index (χ4n) is 4.65. The van der Waals surface area contributed by atoms with Gasteiger partial charge < -0.3 is 14.6 Å². The highest BCUT2D eigenvalue weighted by atomic mass is 16.5.